The van der Waals surface area contributed by atoms with Crippen LogP contribution in [0.2, 0.25) is 0 Å². The third-order valence-electron chi connectivity index (χ3n) is 9.50. The quantitative estimate of drug-likeness (QED) is 0.389. The van der Waals surface area contributed by atoms with Crippen molar-refractivity contribution < 1.29 is 23.5 Å². The van der Waals surface area contributed by atoms with Crippen LogP contribution in [-0.4, -0.2) is 89.2 Å². The van der Waals surface area contributed by atoms with E-state index in [0.29, 0.717) is 17.5 Å². The number of likely N-dealkylation sites (tertiary alicyclic amines) is 1. The summed E-state index contributed by atoms with van der Waals surface area (Å²) in [4.78, 5) is 40.3. The molecule has 1 N–H and O–H groups in total. The van der Waals surface area contributed by atoms with Crippen molar-refractivity contribution in [1.29, 1.82) is 0 Å². The van der Waals surface area contributed by atoms with Gasteiger partial charge in [-0.3, -0.25) is 4.79 Å². The average Bonchev–Trinajstić information content (AvgIpc) is 2.97. The maximum atomic E-state index is 14.2. The molecule has 2 amide bonds. The second-order valence-corrected chi connectivity index (χ2v) is 14.5. The van der Waals surface area contributed by atoms with Gasteiger partial charge in [-0.1, -0.05) is 0 Å². The van der Waals surface area contributed by atoms with Crippen LogP contribution >= 0.6 is 0 Å². The minimum atomic E-state index is -0.494. The van der Waals surface area contributed by atoms with Crippen LogP contribution in [0.25, 0.3) is 0 Å². The highest BCUT2D eigenvalue weighted by Crippen LogP contribution is 2.45. The number of ether oxygens (including phenoxy) is 2. The van der Waals surface area contributed by atoms with Gasteiger partial charge in [0, 0.05) is 44.2 Å². The Kier molecular flexibility index (Phi) is 9.86. The fraction of sp³-hybridized carbons (Fsp3) is 0.647. The number of carbonyl (C=O) groups excluding carboxylic acids is 2. The smallest absolute Gasteiger partial charge is 0.407 e. The van der Waals surface area contributed by atoms with Gasteiger partial charge < -0.3 is 29.5 Å². The standard InChI is InChI=1S/C34H49FN6O4/c1-23(2)39(6)31(42)27-17-25(35)9-12-28(27)44-29-18-36-22-37-30(29)41-20-34(21-41)13-15-40(16-14-34)19-24-7-10-26(11-8-24)38-32(43)45-33(3,4)5/h9,12,17-18,22-24,26H,7-8,10-11,13-16,19-21H2,1-6H3,(H,38,43)/t24-,26-. The predicted molar refractivity (Wildman–Crippen MR) is 171 cm³/mol. The van der Waals surface area contributed by atoms with Gasteiger partial charge in [-0.15, -0.1) is 0 Å². The first-order valence-electron chi connectivity index (χ1n) is 16.3. The molecule has 246 valence electrons. The summed E-state index contributed by atoms with van der Waals surface area (Å²) in [6.07, 6.45) is 9.34. The van der Waals surface area contributed by atoms with E-state index < -0.39 is 11.4 Å². The SMILES string of the molecule is CC(C)N(C)C(=O)c1cc(F)ccc1Oc1cncnc1N1CC2(CCN(C[C@H]3CC[C@H](NC(=O)OC(C)(C)C)CC3)CC2)C1. The van der Waals surface area contributed by atoms with E-state index in [2.05, 4.69) is 25.1 Å². The first kappa shape index (κ1) is 32.9. The molecule has 3 aliphatic rings. The normalized spacial score (nSPS) is 21.7. The molecule has 1 aliphatic carbocycles. The van der Waals surface area contributed by atoms with Crippen LogP contribution in [0.3, 0.4) is 0 Å². The van der Waals surface area contributed by atoms with Gasteiger partial charge >= 0.3 is 6.09 Å². The highest BCUT2D eigenvalue weighted by atomic mass is 19.1. The van der Waals surface area contributed by atoms with E-state index in [4.69, 9.17) is 9.47 Å². The van der Waals surface area contributed by atoms with E-state index >= 15 is 0 Å². The number of nitrogens with zero attached hydrogens (tertiary/aromatic N) is 5. The fourth-order valence-electron chi connectivity index (χ4n) is 6.69. The Morgan fingerprint density at radius 3 is 2.44 bits per heavy atom. The van der Waals surface area contributed by atoms with E-state index in [1.165, 1.54) is 24.5 Å². The Hall–Kier alpha value is -3.47. The summed E-state index contributed by atoms with van der Waals surface area (Å²) >= 11 is 0. The van der Waals surface area contributed by atoms with Crippen molar-refractivity contribution >= 4 is 17.8 Å². The zero-order valence-corrected chi connectivity index (χ0v) is 27.6. The number of anilines is 1. The number of nitrogens with one attached hydrogen (secondary N) is 1. The van der Waals surface area contributed by atoms with Crippen LogP contribution in [0.4, 0.5) is 15.0 Å². The number of aromatic nitrogens is 2. The fourth-order valence-corrected chi connectivity index (χ4v) is 6.69. The molecular formula is C34H49FN6O4. The second kappa shape index (κ2) is 13.5. The number of amides is 2. The lowest BCUT2D eigenvalue weighted by molar-refractivity contribution is 0.0465. The summed E-state index contributed by atoms with van der Waals surface area (Å²) in [7, 11) is 1.70. The van der Waals surface area contributed by atoms with Gasteiger partial charge in [-0.05, 0) is 110 Å². The highest BCUT2D eigenvalue weighted by molar-refractivity contribution is 5.97. The summed E-state index contributed by atoms with van der Waals surface area (Å²) in [6.45, 7) is 14.5. The lowest BCUT2D eigenvalue weighted by atomic mass is 9.71. The van der Waals surface area contributed by atoms with Crippen molar-refractivity contribution in [3.8, 4) is 11.5 Å². The molecule has 10 nitrogen and oxygen atoms in total. The van der Waals surface area contributed by atoms with Gasteiger partial charge in [0.2, 0.25) is 0 Å². The molecule has 0 bridgehead atoms. The molecule has 45 heavy (non-hydrogen) atoms. The van der Waals surface area contributed by atoms with Crippen LogP contribution < -0.4 is 15.0 Å². The predicted octanol–water partition coefficient (Wildman–Crippen LogP) is 5.87. The van der Waals surface area contributed by atoms with E-state index in [9.17, 15) is 14.0 Å². The molecule has 1 saturated carbocycles. The summed E-state index contributed by atoms with van der Waals surface area (Å²) in [5.74, 6) is 1.29. The highest BCUT2D eigenvalue weighted by Gasteiger charge is 2.46. The first-order valence-corrected chi connectivity index (χ1v) is 16.3. The maximum Gasteiger partial charge on any atom is 0.407 e. The minimum absolute atomic E-state index is 0.0453. The van der Waals surface area contributed by atoms with Gasteiger partial charge in [0.05, 0.1) is 11.8 Å². The Morgan fingerprint density at radius 1 is 1.11 bits per heavy atom. The summed E-state index contributed by atoms with van der Waals surface area (Å²) in [5, 5.41) is 3.05. The Balaban J connectivity index is 1.11. The van der Waals surface area contributed by atoms with E-state index in [1.54, 1.807) is 18.1 Å². The maximum absolute atomic E-state index is 14.2. The van der Waals surface area contributed by atoms with E-state index in [0.717, 1.165) is 71.2 Å². The van der Waals surface area contributed by atoms with Gasteiger partial charge in [-0.2, -0.15) is 0 Å². The zero-order chi connectivity index (χ0) is 32.4. The molecule has 1 aromatic heterocycles. The van der Waals surface area contributed by atoms with E-state index in [1.807, 2.05) is 34.6 Å². The molecule has 11 heteroatoms. The van der Waals surface area contributed by atoms with Crippen LogP contribution in [-0.2, 0) is 4.74 Å². The molecule has 1 aromatic carbocycles. The third kappa shape index (κ3) is 8.23. The number of carbonyl (C=O) groups is 2. The number of hydrogen-bond donors (Lipinski definition) is 1. The van der Waals surface area contributed by atoms with Crippen LogP contribution in [0, 0.1) is 17.2 Å². The van der Waals surface area contributed by atoms with Crippen LogP contribution in [0.15, 0.2) is 30.7 Å². The monoisotopic (exact) mass is 624 g/mol. The Bertz CT molecular complexity index is 1340. The molecule has 0 atom stereocenters. The second-order valence-electron chi connectivity index (χ2n) is 14.5. The molecule has 3 fully saturated rings. The summed E-state index contributed by atoms with van der Waals surface area (Å²) in [6, 6.07) is 4.17. The van der Waals surface area contributed by atoms with Gasteiger partial charge in [0.15, 0.2) is 11.6 Å². The summed E-state index contributed by atoms with van der Waals surface area (Å²) in [5.41, 5.74) is -0.0543. The molecule has 3 heterocycles. The lowest BCUT2D eigenvalue weighted by Crippen LogP contribution is -2.61. The van der Waals surface area contributed by atoms with Crippen molar-refractivity contribution in [2.24, 2.45) is 11.3 Å². The number of alkyl carbamates (subject to hydrolysis) is 1. The van der Waals surface area contributed by atoms with Crippen molar-refractivity contribution in [3.63, 3.8) is 0 Å². The molecule has 0 radical (unpaired) electrons. The van der Waals surface area contributed by atoms with Crippen molar-refractivity contribution in [2.75, 3.05) is 44.7 Å². The Morgan fingerprint density at radius 2 is 1.80 bits per heavy atom. The molecule has 0 unspecified atom stereocenters. The molecule has 2 aliphatic heterocycles. The molecular weight excluding hydrogens is 575 g/mol. The van der Waals surface area contributed by atoms with E-state index in [-0.39, 0.29) is 40.8 Å². The summed E-state index contributed by atoms with van der Waals surface area (Å²) < 4.78 is 25.8. The number of hydrogen-bond acceptors (Lipinski definition) is 8. The molecule has 5 rings (SSSR count). The number of rotatable bonds is 8. The molecule has 2 aromatic rings. The van der Waals surface area contributed by atoms with Gasteiger partial charge in [0.25, 0.3) is 5.91 Å². The number of halogens is 1. The van der Waals surface area contributed by atoms with Crippen LogP contribution in [0.5, 0.6) is 11.5 Å². The minimum Gasteiger partial charge on any atom is -0.451 e. The van der Waals surface area contributed by atoms with Gasteiger partial charge in [0.1, 0.15) is 23.5 Å². The largest absolute Gasteiger partial charge is 0.451 e. The zero-order valence-electron chi connectivity index (χ0n) is 27.6. The average molecular weight is 625 g/mol. The van der Waals surface area contributed by atoms with Crippen LogP contribution in [0.1, 0.15) is 83.5 Å². The topological polar surface area (TPSA) is 100 Å². The van der Waals surface area contributed by atoms with Crippen molar-refractivity contribution in [3.05, 3.63) is 42.1 Å². The van der Waals surface area contributed by atoms with Crippen molar-refractivity contribution in [1.82, 2.24) is 25.1 Å². The van der Waals surface area contributed by atoms with Crippen molar-refractivity contribution in [2.45, 2.75) is 90.8 Å². The number of piperidine rings is 1. The third-order valence-corrected chi connectivity index (χ3v) is 9.50. The first-order chi connectivity index (χ1) is 21.3. The molecule has 2 saturated heterocycles. The Labute approximate surface area is 266 Å². The lowest BCUT2D eigenvalue weighted by Gasteiger charge is -2.54. The molecule has 1 spiro atoms. The van der Waals surface area contributed by atoms with Gasteiger partial charge in [-0.25, -0.2) is 19.2 Å². The number of benzene rings is 1.